The van der Waals surface area contributed by atoms with Gasteiger partial charge in [0.15, 0.2) is 0 Å². The van der Waals surface area contributed by atoms with Crippen LogP contribution in [0, 0.1) is 11.3 Å². The standard InChI is InChI=1S/C35H36ClN5O3Si/c1-23-17-31-29(21-40(23)34(43)24-15-16-30(36)25(18-24)19-37)32-33(42)38-20-26(41(32)39-31)22-44-45(35(2,3)4,27-11-7-5-8-12-27)28-13-9-6-10-14-28/h5-16,18,23,26H,17,20-22H2,1-4H3,(H,38,42)/t23-,26?/m1/s1. The topological polar surface area (TPSA) is 100 Å². The first-order chi connectivity index (χ1) is 21.5. The Kier molecular flexibility index (Phi) is 8.16. The summed E-state index contributed by atoms with van der Waals surface area (Å²) in [4.78, 5) is 28.7. The number of nitriles is 1. The normalized spacial score (nSPS) is 18.0. The van der Waals surface area contributed by atoms with Gasteiger partial charge in [0, 0.05) is 30.1 Å². The van der Waals surface area contributed by atoms with Crippen molar-refractivity contribution in [2.75, 3.05) is 13.2 Å². The number of fused-ring (bicyclic) bond motifs is 3. The van der Waals surface area contributed by atoms with Gasteiger partial charge in [0.25, 0.3) is 20.1 Å². The van der Waals surface area contributed by atoms with Crippen LogP contribution >= 0.6 is 11.6 Å². The van der Waals surface area contributed by atoms with E-state index >= 15 is 0 Å². The zero-order valence-corrected chi connectivity index (χ0v) is 27.6. The number of benzene rings is 3. The van der Waals surface area contributed by atoms with Crippen LogP contribution < -0.4 is 15.7 Å². The molecule has 4 aromatic rings. The van der Waals surface area contributed by atoms with Crippen LogP contribution in [0.4, 0.5) is 0 Å². The monoisotopic (exact) mass is 637 g/mol. The van der Waals surface area contributed by atoms with Gasteiger partial charge in [-0.25, -0.2) is 0 Å². The van der Waals surface area contributed by atoms with Crippen LogP contribution in [0.1, 0.15) is 71.4 Å². The van der Waals surface area contributed by atoms with Crippen LogP contribution in [0.2, 0.25) is 10.1 Å². The summed E-state index contributed by atoms with van der Waals surface area (Å²) in [7, 11) is -2.81. The summed E-state index contributed by atoms with van der Waals surface area (Å²) < 4.78 is 9.06. The van der Waals surface area contributed by atoms with E-state index in [0.717, 1.165) is 11.3 Å². The van der Waals surface area contributed by atoms with Crippen LogP contribution in [0.25, 0.3) is 0 Å². The Bertz CT molecular complexity index is 1760. The van der Waals surface area contributed by atoms with Gasteiger partial charge in [-0.2, -0.15) is 10.4 Å². The van der Waals surface area contributed by atoms with E-state index in [1.165, 1.54) is 16.4 Å². The van der Waals surface area contributed by atoms with Gasteiger partial charge < -0.3 is 14.6 Å². The van der Waals surface area contributed by atoms with E-state index in [1.807, 2.05) is 29.8 Å². The maximum Gasteiger partial charge on any atom is 0.270 e. The first-order valence-electron chi connectivity index (χ1n) is 15.2. The van der Waals surface area contributed by atoms with E-state index in [9.17, 15) is 14.9 Å². The third-order valence-corrected chi connectivity index (χ3v) is 14.3. The molecule has 2 atom stereocenters. The fourth-order valence-electron chi connectivity index (χ4n) is 6.74. The molecule has 0 aliphatic carbocycles. The van der Waals surface area contributed by atoms with Crippen molar-refractivity contribution in [3.05, 3.63) is 112 Å². The van der Waals surface area contributed by atoms with Crippen molar-refractivity contribution < 1.29 is 14.0 Å². The van der Waals surface area contributed by atoms with Gasteiger partial charge in [0.05, 0.1) is 35.5 Å². The average molecular weight is 638 g/mol. The molecule has 0 saturated heterocycles. The van der Waals surface area contributed by atoms with E-state index in [4.69, 9.17) is 21.1 Å². The highest BCUT2D eigenvalue weighted by Crippen LogP contribution is 2.38. The highest BCUT2D eigenvalue weighted by atomic mass is 35.5. The van der Waals surface area contributed by atoms with E-state index in [0.29, 0.717) is 35.9 Å². The lowest BCUT2D eigenvalue weighted by Crippen LogP contribution is -2.67. The smallest absolute Gasteiger partial charge is 0.270 e. The van der Waals surface area contributed by atoms with Gasteiger partial charge in [-0.15, -0.1) is 0 Å². The second-order valence-corrected chi connectivity index (χ2v) is 17.6. The molecule has 2 aliphatic rings. The Morgan fingerprint density at radius 1 is 1.09 bits per heavy atom. The van der Waals surface area contributed by atoms with Crippen LogP contribution in [0.5, 0.6) is 0 Å². The minimum atomic E-state index is -2.81. The van der Waals surface area contributed by atoms with E-state index in [-0.39, 0.29) is 41.0 Å². The lowest BCUT2D eigenvalue weighted by atomic mass is 9.97. The minimum absolute atomic E-state index is 0.155. The zero-order chi connectivity index (χ0) is 31.9. The van der Waals surface area contributed by atoms with Gasteiger partial charge in [-0.1, -0.05) is 93.0 Å². The molecule has 6 rings (SSSR count). The molecule has 230 valence electrons. The summed E-state index contributed by atoms with van der Waals surface area (Å²) in [5, 5.41) is 20.0. The van der Waals surface area contributed by atoms with Gasteiger partial charge in [0.1, 0.15) is 11.8 Å². The molecular formula is C35H36ClN5O3Si. The number of carbonyl (C=O) groups is 2. The molecular weight excluding hydrogens is 602 g/mol. The second-order valence-electron chi connectivity index (χ2n) is 12.8. The summed E-state index contributed by atoms with van der Waals surface area (Å²) in [5.74, 6) is -0.422. The SMILES string of the molecule is C[C@@H]1Cc2nn3c(c2CN1C(=O)c1ccc(Cl)c(C#N)c1)C(=O)NCC3CO[Si](c1ccccc1)(c1ccccc1)C(C)(C)C. The largest absolute Gasteiger partial charge is 0.405 e. The molecule has 2 amide bonds. The highest BCUT2D eigenvalue weighted by Gasteiger charge is 2.51. The van der Waals surface area contributed by atoms with Gasteiger partial charge in [0.2, 0.25) is 0 Å². The Labute approximate surface area is 269 Å². The van der Waals surface area contributed by atoms with Crippen molar-refractivity contribution in [2.24, 2.45) is 0 Å². The lowest BCUT2D eigenvalue weighted by Gasteiger charge is -2.44. The molecule has 1 N–H and O–H groups in total. The number of halogens is 1. The lowest BCUT2D eigenvalue weighted by molar-refractivity contribution is 0.0654. The number of hydrogen-bond acceptors (Lipinski definition) is 5. The number of rotatable bonds is 6. The Hall–Kier alpha value is -4.23. The number of nitrogens with zero attached hydrogens (tertiary/aromatic N) is 4. The van der Waals surface area contributed by atoms with E-state index in [1.54, 1.807) is 17.0 Å². The molecule has 0 saturated carbocycles. The second kappa shape index (κ2) is 11.9. The quantitative estimate of drug-likeness (QED) is 0.305. The van der Waals surface area contributed by atoms with Crippen LogP contribution in [0.3, 0.4) is 0 Å². The van der Waals surface area contributed by atoms with Crippen molar-refractivity contribution >= 4 is 42.1 Å². The maximum absolute atomic E-state index is 13.6. The summed E-state index contributed by atoms with van der Waals surface area (Å²) in [6, 6.07) is 27.4. The third-order valence-electron chi connectivity index (χ3n) is 9.00. The van der Waals surface area contributed by atoms with Gasteiger partial charge >= 0.3 is 0 Å². The Morgan fingerprint density at radius 2 is 1.73 bits per heavy atom. The summed E-state index contributed by atoms with van der Waals surface area (Å²) in [6.45, 7) is 9.70. The van der Waals surface area contributed by atoms with Crippen molar-refractivity contribution in [1.29, 1.82) is 5.26 Å². The maximum atomic E-state index is 13.6. The fraction of sp³-hybridized carbons (Fsp3) is 0.314. The molecule has 1 unspecified atom stereocenters. The fourth-order valence-corrected chi connectivity index (χ4v) is 11.5. The number of amides is 2. The van der Waals surface area contributed by atoms with Crippen molar-refractivity contribution in [1.82, 2.24) is 20.0 Å². The molecule has 10 heteroatoms. The molecule has 3 heterocycles. The van der Waals surface area contributed by atoms with E-state index in [2.05, 4.69) is 74.6 Å². The van der Waals surface area contributed by atoms with Crippen molar-refractivity contribution in [3.8, 4) is 6.07 Å². The zero-order valence-electron chi connectivity index (χ0n) is 25.9. The molecule has 0 radical (unpaired) electrons. The van der Waals surface area contributed by atoms with Crippen molar-refractivity contribution in [3.63, 3.8) is 0 Å². The molecule has 0 spiro atoms. The molecule has 1 aromatic heterocycles. The molecule has 45 heavy (non-hydrogen) atoms. The number of nitrogens with one attached hydrogen (secondary N) is 1. The van der Waals surface area contributed by atoms with Crippen LogP contribution in [-0.2, 0) is 17.4 Å². The summed E-state index contributed by atoms with van der Waals surface area (Å²) in [6.07, 6.45) is 0.509. The number of hydrogen-bond donors (Lipinski definition) is 1. The van der Waals surface area contributed by atoms with E-state index < -0.39 is 8.32 Å². The van der Waals surface area contributed by atoms with Gasteiger partial charge in [-0.3, -0.25) is 14.3 Å². The van der Waals surface area contributed by atoms with Crippen LogP contribution in [0.15, 0.2) is 78.9 Å². The minimum Gasteiger partial charge on any atom is -0.405 e. The highest BCUT2D eigenvalue weighted by molar-refractivity contribution is 6.99. The predicted molar refractivity (Wildman–Crippen MR) is 176 cm³/mol. The number of carbonyl (C=O) groups excluding carboxylic acids is 2. The molecule has 0 fully saturated rings. The Morgan fingerprint density at radius 3 is 2.33 bits per heavy atom. The first kappa shape index (κ1) is 30.8. The molecule has 8 nitrogen and oxygen atoms in total. The summed E-state index contributed by atoms with van der Waals surface area (Å²) in [5.41, 5.74) is 2.68. The van der Waals surface area contributed by atoms with Crippen molar-refractivity contribution in [2.45, 2.75) is 57.8 Å². The summed E-state index contributed by atoms with van der Waals surface area (Å²) >= 11 is 6.11. The molecule has 0 bridgehead atoms. The van der Waals surface area contributed by atoms with Gasteiger partial charge in [-0.05, 0) is 40.5 Å². The number of aromatic nitrogens is 2. The molecule has 3 aromatic carbocycles. The van der Waals surface area contributed by atoms with Crippen LogP contribution in [-0.4, -0.2) is 54.0 Å². The molecule has 2 aliphatic heterocycles. The predicted octanol–water partition coefficient (Wildman–Crippen LogP) is 4.86. The first-order valence-corrected chi connectivity index (χ1v) is 17.5. The Balaban J connectivity index is 1.34. The average Bonchev–Trinajstić information content (AvgIpc) is 3.41. The third kappa shape index (κ3) is 5.37.